The quantitative estimate of drug-likeness (QED) is 0.212. The molecule has 0 unspecified atom stereocenters. The third-order valence-corrected chi connectivity index (χ3v) is 17.8. The summed E-state index contributed by atoms with van der Waals surface area (Å²) in [6.07, 6.45) is -2.30. The van der Waals surface area contributed by atoms with Crippen molar-refractivity contribution in [2.45, 2.75) is 122 Å². The maximum Gasteiger partial charge on any atom is 0.338 e. The van der Waals surface area contributed by atoms with Gasteiger partial charge in [-0.25, -0.2) is 4.79 Å². The van der Waals surface area contributed by atoms with Crippen LogP contribution in [-0.4, -0.2) is 53.3 Å². The van der Waals surface area contributed by atoms with Gasteiger partial charge in [0.1, 0.15) is 18.3 Å². The third-order valence-electron chi connectivity index (χ3n) is 8.87. The van der Waals surface area contributed by atoms with Crippen LogP contribution in [0.4, 0.5) is 0 Å². The Morgan fingerprint density at radius 3 is 1.85 bits per heavy atom. The lowest BCUT2D eigenvalue weighted by molar-refractivity contribution is -0.345. The van der Waals surface area contributed by atoms with Gasteiger partial charge >= 0.3 is 5.97 Å². The van der Waals surface area contributed by atoms with Crippen molar-refractivity contribution in [3.63, 3.8) is 0 Å². The summed E-state index contributed by atoms with van der Waals surface area (Å²) in [4.78, 5) is 13.5. The van der Waals surface area contributed by atoms with Gasteiger partial charge in [-0.2, -0.15) is 0 Å². The zero-order valence-corrected chi connectivity index (χ0v) is 29.2. The fourth-order valence-electron chi connectivity index (χ4n) is 4.28. The van der Waals surface area contributed by atoms with E-state index < -0.39 is 52.8 Å². The molecule has 41 heavy (non-hydrogen) atoms. The van der Waals surface area contributed by atoms with Crippen molar-refractivity contribution in [3.05, 3.63) is 71.8 Å². The van der Waals surface area contributed by atoms with Crippen LogP contribution >= 0.6 is 0 Å². The van der Waals surface area contributed by atoms with Crippen LogP contribution < -0.4 is 0 Å². The first kappa shape index (κ1) is 33.7. The predicted molar refractivity (Wildman–Crippen MR) is 170 cm³/mol. The molecule has 0 amide bonds. The number of benzene rings is 2. The molecule has 6 nitrogen and oxygen atoms in total. The van der Waals surface area contributed by atoms with Gasteiger partial charge in [-0.15, -0.1) is 0 Å². The Hall–Kier alpha value is -1.82. The molecule has 1 aliphatic heterocycles. The van der Waals surface area contributed by atoms with Crippen LogP contribution in [0.1, 0.15) is 77.4 Å². The zero-order valence-electron chi connectivity index (χ0n) is 27.2. The van der Waals surface area contributed by atoms with Crippen molar-refractivity contribution >= 4 is 22.6 Å². The van der Waals surface area contributed by atoms with Crippen LogP contribution in [0, 0.1) is 0 Å². The Morgan fingerprint density at radius 2 is 1.34 bits per heavy atom. The van der Waals surface area contributed by atoms with Crippen molar-refractivity contribution in [1.82, 2.24) is 0 Å². The third kappa shape index (κ3) is 8.39. The molecule has 3 rings (SSSR count). The molecule has 1 aliphatic rings. The van der Waals surface area contributed by atoms with Gasteiger partial charge in [-0.3, -0.25) is 0 Å². The van der Waals surface area contributed by atoms with Crippen LogP contribution in [-0.2, 0) is 23.1 Å². The molecule has 228 valence electrons. The van der Waals surface area contributed by atoms with E-state index in [1.54, 1.807) is 12.1 Å². The van der Waals surface area contributed by atoms with Crippen LogP contribution in [0.5, 0.6) is 0 Å². The van der Waals surface area contributed by atoms with E-state index in [0.29, 0.717) is 5.56 Å². The Kier molecular flexibility index (Phi) is 10.2. The van der Waals surface area contributed by atoms with E-state index in [9.17, 15) is 4.79 Å². The summed E-state index contributed by atoms with van der Waals surface area (Å²) in [5.41, 5.74) is 1.48. The Labute approximate surface area is 250 Å². The summed E-state index contributed by atoms with van der Waals surface area (Å²) >= 11 is 0. The number of esters is 1. The minimum absolute atomic E-state index is 0.0135. The molecular weight excluding hydrogens is 549 g/mol. The maximum atomic E-state index is 13.5. The van der Waals surface area contributed by atoms with E-state index in [4.69, 9.17) is 23.1 Å². The molecule has 0 spiro atoms. The molecule has 1 heterocycles. The smallest absolute Gasteiger partial charge is 0.338 e. The van der Waals surface area contributed by atoms with Gasteiger partial charge in [0.05, 0.1) is 12.2 Å². The predicted octanol–water partition coefficient (Wildman–Crippen LogP) is 8.52. The molecule has 0 N–H and O–H groups in total. The highest BCUT2D eigenvalue weighted by atomic mass is 28.4. The molecule has 0 saturated carbocycles. The number of carbonyl (C=O) groups is 1. The fraction of sp³-hybridized carbons (Fsp3) is 0.606. The van der Waals surface area contributed by atoms with Gasteiger partial charge in [0, 0.05) is 0 Å². The van der Waals surface area contributed by atoms with Crippen molar-refractivity contribution in [3.8, 4) is 0 Å². The summed E-state index contributed by atoms with van der Waals surface area (Å²) in [6, 6.07) is 19.2. The molecule has 0 aliphatic carbocycles. The summed E-state index contributed by atoms with van der Waals surface area (Å²) in [5, 5.41) is -0.0694. The van der Waals surface area contributed by atoms with Crippen LogP contribution in [0.25, 0.3) is 0 Å². The highest BCUT2D eigenvalue weighted by Gasteiger charge is 2.53. The molecule has 1 saturated heterocycles. The second-order valence-corrected chi connectivity index (χ2v) is 24.2. The molecule has 0 aromatic heterocycles. The summed E-state index contributed by atoms with van der Waals surface area (Å²) in [7, 11) is -4.51. The molecule has 2 aromatic carbocycles. The molecule has 1 fully saturated rings. The highest BCUT2D eigenvalue weighted by molar-refractivity contribution is 6.74. The Bertz CT molecular complexity index is 1140. The minimum atomic E-state index is -2.33. The summed E-state index contributed by atoms with van der Waals surface area (Å²) in [6.45, 7) is 26.1. The standard InChI is InChI=1S/C33H52O6Si2/c1-31(2,3)40(9,10)35-23-26(36-30(34)25-21-17-14-18-22-25)28-29(39-41(11,12)32(4,5)6)27(37-33(7,8)38-28)24-19-15-13-16-20-24/h13-22,26-29H,23H2,1-12H3/t26-,27+,28-,29+/m0/s1. The first-order valence-corrected chi connectivity index (χ1v) is 20.5. The second-order valence-electron chi connectivity index (χ2n) is 14.7. The van der Waals surface area contributed by atoms with Crippen molar-refractivity contribution in [2.75, 3.05) is 6.61 Å². The maximum absolute atomic E-state index is 13.5. The lowest BCUT2D eigenvalue weighted by atomic mass is 9.95. The van der Waals surface area contributed by atoms with E-state index >= 15 is 0 Å². The summed E-state index contributed by atoms with van der Waals surface area (Å²) < 4.78 is 33.4. The molecule has 4 atom stereocenters. The van der Waals surface area contributed by atoms with Crippen LogP contribution in [0.2, 0.25) is 36.3 Å². The molecular formula is C33H52O6Si2. The van der Waals surface area contributed by atoms with Gasteiger partial charge in [0.15, 0.2) is 28.5 Å². The lowest BCUT2D eigenvalue weighted by Gasteiger charge is -2.51. The normalized spacial score (nSPS) is 22.7. The average molecular weight is 601 g/mol. The number of rotatable bonds is 9. The van der Waals surface area contributed by atoms with Gasteiger partial charge in [-0.05, 0) is 67.8 Å². The molecule has 2 aromatic rings. The van der Waals surface area contributed by atoms with E-state index in [1.807, 2.05) is 50.2 Å². The minimum Gasteiger partial charge on any atom is -0.453 e. The number of ether oxygens (including phenoxy) is 3. The van der Waals surface area contributed by atoms with E-state index in [0.717, 1.165) is 5.56 Å². The molecule has 8 heteroatoms. The first-order chi connectivity index (χ1) is 18.7. The van der Waals surface area contributed by atoms with Crippen molar-refractivity contribution in [1.29, 1.82) is 0 Å². The van der Waals surface area contributed by atoms with Gasteiger partial charge < -0.3 is 23.1 Å². The lowest BCUT2D eigenvalue weighted by Crippen LogP contribution is -2.61. The van der Waals surface area contributed by atoms with Gasteiger partial charge in [0.25, 0.3) is 0 Å². The zero-order chi connectivity index (χ0) is 30.9. The Balaban J connectivity index is 2.11. The first-order valence-electron chi connectivity index (χ1n) is 14.7. The molecule has 0 bridgehead atoms. The molecule has 0 radical (unpaired) electrons. The van der Waals surface area contributed by atoms with E-state index in [-0.39, 0.29) is 16.7 Å². The van der Waals surface area contributed by atoms with Crippen molar-refractivity contribution in [2.24, 2.45) is 0 Å². The summed E-state index contributed by atoms with van der Waals surface area (Å²) in [5.74, 6) is -1.36. The second kappa shape index (κ2) is 12.4. The van der Waals surface area contributed by atoms with Crippen LogP contribution in [0.3, 0.4) is 0 Å². The van der Waals surface area contributed by atoms with Crippen LogP contribution in [0.15, 0.2) is 60.7 Å². The average Bonchev–Trinajstić information content (AvgIpc) is 2.86. The number of hydrogen-bond acceptors (Lipinski definition) is 6. The van der Waals surface area contributed by atoms with Crippen molar-refractivity contribution < 1.29 is 27.9 Å². The van der Waals surface area contributed by atoms with E-state index in [1.165, 1.54) is 0 Å². The SMILES string of the molecule is CC1(C)O[C@@H]([C@H](CO[Si](C)(C)C(C)(C)C)OC(=O)c2ccccc2)[C@H](O[Si](C)(C)C(C)(C)C)[C@@H](c2ccccc2)O1. The van der Waals surface area contributed by atoms with Gasteiger partial charge in [0.2, 0.25) is 0 Å². The topological polar surface area (TPSA) is 63.2 Å². The fourth-order valence-corrected chi connectivity index (χ4v) is 6.59. The highest BCUT2D eigenvalue weighted by Crippen LogP contribution is 2.45. The number of hydrogen-bond donors (Lipinski definition) is 0. The van der Waals surface area contributed by atoms with Gasteiger partial charge in [-0.1, -0.05) is 90.1 Å². The van der Waals surface area contributed by atoms with E-state index in [2.05, 4.69) is 79.9 Å². The Morgan fingerprint density at radius 1 is 0.829 bits per heavy atom. The number of carbonyl (C=O) groups excluding carboxylic acids is 1. The largest absolute Gasteiger partial charge is 0.453 e. The monoisotopic (exact) mass is 600 g/mol.